The van der Waals surface area contributed by atoms with Crippen LogP contribution in [0.3, 0.4) is 0 Å². The Morgan fingerprint density at radius 3 is 2.79 bits per heavy atom. The molecule has 1 amide bonds. The van der Waals surface area contributed by atoms with Crippen molar-refractivity contribution in [2.24, 2.45) is 0 Å². The van der Waals surface area contributed by atoms with Crippen LogP contribution in [0, 0.1) is 15.9 Å². The Kier molecular flexibility index (Phi) is 5.67. The fraction of sp³-hybridized carbons (Fsp3) is 0.467. The lowest BCUT2D eigenvalue weighted by atomic mass is 10.0. The van der Waals surface area contributed by atoms with Crippen LogP contribution in [0.1, 0.15) is 19.3 Å². The number of methoxy groups -OCH3 is 1. The van der Waals surface area contributed by atoms with E-state index in [9.17, 15) is 24.1 Å². The zero-order valence-electron chi connectivity index (χ0n) is 13.1. The highest BCUT2D eigenvalue weighted by atomic mass is 19.1. The number of benzene rings is 1. The van der Waals surface area contributed by atoms with Crippen molar-refractivity contribution < 1.29 is 28.4 Å². The first kappa shape index (κ1) is 17.6. The monoisotopic (exact) mass is 340 g/mol. The van der Waals surface area contributed by atoms with Gasteiger partial charge < -0.3 is 14.4 Å². The van der Waals surface area contributed by atoms with Crippen LogP contribution in [0.15, 0.2) is 18.2 Å². The van der Waals surface area contributed by atoms with Crippen molar-refractivity contribution in [1.82, 2.24) is 4.90 Å². The summed E-state index contributed by atoms with van der Waals surface area (Å²) in [4.78, 5) is 35.1. The summed E-state index contributed by atoms with van der Waals surface area (Å²) < 4.78 is 23.4. The van der Waals surface area contributed by atoms with Crippen molar-refractivity contribution in [1.29, 1.82) is 0 Å². The number of halogens is 1. The number of nitrogens with zero attached hydrogens (tertiary/aromatic N) is 2. The molecule has 1 aromatic rings. The molecule has 24 heavy (non-hydrogen) atoms. The van der Waals surface area contributed by atoms with E-state index in [2.05, 4.69) is 0 Å². The minimum absolute atomic E-state index is 0.00178. The van der Waals surface area contributed by atoms with Gasteiger partial charge in [0.05, 0.1) is 12.0 Å². The van der Waals surface area contributed by atoms with Gasteiger partial charge in [0.1, 0.15) is 11.8 Å². The second-order valence-electron chi connectivity index (χ2n) is 5.28. The Morgan fingerprint density at radius 2 is 2.17 bits per heavy atom. The van der Waals surface area contributed by atoms with Crippen LogP contribution in [0.2, 0.25) is 0 Å². The Labute approximate surface area is 137 Å². The van der Waals surface area contributed by atoms with Crippen LogP contribution < -0.4 is 4.74 Å². The summed E-state index contributed by atoms with van der Waals surface area (Å²) in [5.41, 5.74) is -0.671. The number of amides is 1. The molecule has 1 aliphatic heterocycles. The lowest BCUT2D eigenvalue weighted by molar-refractivity contribution is -0.387. The maximum absolute atomic E-state index is 13.5. The molecule has 1 saturated heterocycles. The van der Waals surface area contributed by atoms with E-state index in [1.807, 2.05) is 0 Å². The van der Waals surface area contributed by atoms with Crippen molar-refractivity contribution in [3.05, 3.63) is 34.1 Å². The Morgan fingerprint density at radius 1 is 1.42 bits per heavy atom. The van der Waals surface area contributed by atoms with Gasteiger partial charge in [-0.1, -0.05) is 0 Å². The summed E-state index contributed by atoms with van der Waals surface area (Å²) in [6, 6.07) is 2.38. The van der Waals surface area contributed by atoms with Crippen LogP contribution in [0.25, 0.3) is 0 Å². The predicted molar refractivity (Wildman–Crippen MR) is 79.9 cm³/mol. The Balaban J connectivity index is 2.00. The third-order valence-electron chi connectivity index (χ3n) is 3.77. The van der Waals surface area contributed by atoms with Crippen LogP contribution in [0.4, 0.5) is 10.1 Å². The minimum atomic E-state index is -1.05. The first-order valence-electron chi connectivity index (χ1n) is 7.38. The van der Waals surface area contributed by atoms with Gasteiger partial charge in [-0.25, -0.2) is 4.79 Å². The molecule has 0 bridgehead atoms. The highest BCUT2D eigenvalue weighted by molar-refractivity contribution is 5.85. The molecule has 8 nitrogen and oxygen atoms in total. The fourth-order valence-corrected chi connectivity index (χ4v) is 2.56. The molecule has 1 heterocycles. The fourth-order valence-electron chi connectivity index (χ4n) is 2.56. The molecular formula is C15H17FN2O6. The number of esters is 1. The highest BCUT2D eigenvalue weighted by Crippen LogP contribution is 2.23. The molecular weight excluding hydrogens is 323 g/mol. The molecule has 0 unspecified atom stereocenters. The third-order valence-corrected chi connectivity index (χ3v) is 3.77. The summed E-state index contributed by atoms with van der Waals surface area (Å²) in [6.07, 6.45) is 2.11. The number of likely N-dealkylation sites (tertiary alicyclic amines) is 1. The Bertz CT molecular complexity index is 651. The maximum atomic E-state index is 13.5. The number of carbonyl (C=O) groups is 2. The molecule has 0 radical (unpaired) electrons. The SMILES string of the molecule is COC(=O)[C@@H]1CCCCN1C(=O)COc1ccc([N+](=O)[O-])c(F)c1. The van der Waals surface area contributed by atoms with Gasteiger partial charge in [0.15, 0.2) is 6.61 Å². The molecule has 0 saturated carbocycles. The first-order valence-corrected chi connectivity index (χ1v) is 7.38. The van der Waals surface area contributed by atoms with Gasteiger partial charge >= 0.3 is 11.7 Å². The van der Waals surface area contributed by atoms with Crippen molar-refractivity contribution in [2.45, 2.75) is 25.3 Å². The van der Waals surface area contributed by atoms with Crippen LogP contribution >= 0.6 is 0 Å². The summed E-state index contributed by atoms with van der Waals surface area (Å²) in [5, 5.41) is 10.6. The molecule has 0 aromatic heterocycles. The van der Waals surface area contributed by atoms with E-state index in [1.54, 1.807) is 0 Å². The van der Waals surface area contributed by atoms with Gasteiger partial charge in [0.25, 0.3) is 5.91 Å². The number of nitro groups is 1. The van der Waals surface area contributed by atoms with Crippen molar-refractivity contribution in [3.63, 3.8) is 0 Å². The van der Waals surface area contributed by atoms with Crippen molar-refractivity contribution in [2.75, 3.05) is 20.3 Å². The van der Waals surface area contributed by atoms with E-state index in [0.717, 1.165) is 25.0 Å². The second kappa shape index (κ2) is 7.71. The van der Waals surface area contributed by atoms with Gasteiger partial charge in [-0.15, -0.1) is 0 Å². The van der Waals surface area contributed by atoms with Gasteiger partial charge in [-0.05, 0) is 25.3 Å². The molecule has 1 aliphatic rings. The first-order chi connectivity index (χ1) is 11.4. The predicted octanol–water partition coefficient (Wildman–Crippen LogP) is 1.67. The maximum Gasteiger partial charge on any atom is 0.328 e. The van der Waals surface area contributed by atoms with Crippen molar-refractivity contribution >= 4 is 17.6 Å². The largest absolute Gasteiger partial charge is 0.484 e. The number of ether oxygens (including phenoxy) is 2. The quantitative estimate of drug-likeness (QED) is 0.459. The normalized spacial score (nSPS) is 17.2. The summed E-state index contributed by atoms with van der Waals surface area (Å²) in [5.74, 6) is -1.96. The number of hydrogen-bond acceptors (Lipinski definition) is 6. The average molecular weight is 340 g/mol. The van der Waals surface area contributed by atoms with E-state index < -0.39 is 41.0 Å². The second-order valence-corrected chi connectivity index (χ2v) is 5.28. The number of rotatable bonds is 5. The van der Waals surface area contributed by atoms with Crippen LogP contribution in [-0.2, 0) is 14.3 Å². The number of hydrogen-bond donors (Lipinski definition) is 0. The van der Waals surface area contributed by atoms with Crippen molar-refractivity contribution in [3.8, 4) is 5.75 Å². The van der Waals surface area contributed by atoms with E-state index in [-0.39, 0.29) is 5.75 Å². The third kappa shape index (κ3) is 3.98. The molecule has 0 aliphatic carbocycles. The Hall–Kier alpha value is -2.71. The lowest BCUT2D eigenvalue weighted by Gasteiger charge is -2.33. The summed E-state index contributed by atoms with van der Waals surface area (Å²) in [6.45, 7) is 0.0152. The molecule has 1 atom stereocenters. The smallest absolute Gasteiger partial charge is 0.328 e. The minimum Gasteiger partial charge on any atom is -0.484 e. The van der Waals surface area contributed by atoms with Gasteiger partial charge in [0.2, 0.25) is 5.82 Å². The molecule has 1 fully saturated rings. The van der Waals surface area contributed by atoms with Crippen LogP contribution in [-0.4, -0.2) is 48.0 Å². The zero-order chi connectivity index (χ0) is 17.7. The van der Waals surface area contributed by atoms with E-state index >= 15 is 0 Å². The molecule has 0 spiro atoms. The van der Waals surface area contributed by atoms with Crippen LogP contribution in [0.5, 0.6) is 5.75 Å². The number of carbonyl (C=O) groups excluding carboxylic acids is 2. The molecule has 9 heteroatoms. The topological polar surface area (TPSA) is 99.0 Å². The van der Waals surface area contributed by atoms with E-state index in [4.69, 9.17) is 9.47 Å². The molecule has 1 aromatic carbocycles. The average Bonchev–Trinajstić information content (AvgIpc) is 2.58. The molecule has 0 N–H and O–H groups in total. The van der Waals surface area contributed by atoms with Gasteiger partial charge in [0, 0.05) is 18.7 Å². The zero-order valence-corrected chi connectivity index (χ0v) is 13.1. The van der Waals surface area contributed by atoms with Gasteiger partial charge in [-0.3, -0.25) is 14.9 Å². The van der Waals surface area contributed by atoms with E-state index in [0.29, 0.717) is 13.0 Å². The highest BCUT2D eigenvalue weighted by Gasteiger charge is 2.32. The number of nitro benzene ring substituents is 1. The lowest BCUT2D eigenvalue weighted by Crippen LogP contribution is -2.50. The molecule has 2 rings (SSSR count). The van der Waals surface area contributed by atoms with Gasteiger partial charge in [-0.2, -0.15) is 4.39 Å². The molecule has 130 valence electrons. The van der Waals surface area contributed by atoms with E-state index in [1.165, 1.54) is 18.1 Å². The summed E-state index contributed by atoms with van der Waals surface area (Å²) >= 11 is 0. The summed E-state index contributed by atoms with van der Waals surface area (Å²) in [7, 11) is 1.26. The standard InChI is InChI=1S/C15H17FN2O6/c1-23-15(20)13-4-2-3-7-17(13)14(19)9-24-10-5-6-12(18(21)22)11(16)8-10/h5-6,8,13H,2-4,7,9H2,1H3/t13-/m0/s1. The number of piperidine rings is 1.